The summed E-state index contributed by atoms with van der Waals surface area (Å²) in [5, 5.41) is 0. The van der Waals surface area contributed by atoms with Gasteiger partial charge < -0.3 is 0 Å². The number of thiazole rings is 1. The molecule has 48 heavy (non-hydrogen) atoms. The SMILES string of the molecule is [2H]C([2H])([2H])c1ccc(-c2c(C)ccc3c2Sc2ccccc2C3(C)C([2H])([2H])[2H])cc1-c1nc(-c2c(C)ccc3c2sc2nc4ccccc4n23)ncc1C([2H])([2H])[2H]. The molecule has 9 rings (SSSR count). The Balaban J connectivity index is 1.30. The molecule has 1 aliphatic rings. The standard InChI is InChI=1S/C42H34N4S2/c1-23-15-18-27(35-24(2)16-19-30-38(35)47-34-14-10-7-11-29(34)42(30,5)6)21-28(23)37-26(4)22-43-40(45-37)36-25(3)17-20-33-39(36)48-41-44-31-12-8-9-13-32(31)46(33)41/h7-22H,1-6H3/i1D3,4D3,5D3. The van der Waals surface area contributed by atoms with E-state index < -0.39 is 26.0 Å². The Morgan fingerprint density at radius 1 is 0.750 bits per heavy atom. The second-order valence-electron chi connectivity index (χ2n) is 12.5. The van der Waals surface area contributed by atoms with E-state index in [-0.39, 0.29) is 28.2 Å². The lowest BCUT2D eigenvalue weighted by atomic mass is 9.76. The first-order chi connectivity index (χ1) is 26.9. The highest BCUT2D eigenvalue weighted by Gasteiger charge is 2.34. The predicted octanol–water partition coefficient (Wildman–Crippen LogP) is 11.5. The molecule has 3 aromatic heterocycles. The van der Waals surface area contributed by atoms with Gasteiger partial charge in [0.15, 0.2) is 10.8 Å². The van der Waals surface area contributed by atoms with Crippen molar-refractivity contribution in [3.8, 4) is 33.8 Å². The van der Waals surface area contributed by atoms with Gasteiger partial charge in [0.2, 0.25) is 0 Å². The minimum Gasteiger partial charge on any atom is -0.283 e. The Labute approximate surface area is 301 Å². The normalized spacial score (nSPS) is 19.3. The van der Waals surface area contributed by atoms with E-state index >= 15 is 0 Å². The molecule has 1 atom stereocenters. The molecule has 0 fully saturated rings. The molecule has 0 amide bonds. The Hall–Kier alpha value is -4.78. The van der Waals surface area contributed by atoms with Crippen molar-refractivity contribution in [2.75, 3.05) is 0 Å². The number of aromatic nitrogens is 4. The molecule has 1 aliphatic heterocycles. The van der Waals surface area contributed by atoms with E-state index in [9.17, 15) is 0 Å². The number of nitrogens with zero attached hydrogens (tertiary/aromatic N) is 4. The first-order valence-corrected chi connectivity index (χ1v) is 17.2. The zero-order valence-corrected chi connectivity index (χ0v) is 28.0. The van der Waals surface area contributed by atoms with E-state index in [4.69, 9.17) is 22.3 Å². The number of imidazole rings is 1. The molecule has 0 saturated heterocycles. The summed E-state index contributed by atoms with van der Waals surface area (Å²) >= 11 is 2.96. The van der Waals surface area contributed by atoms with Gasteiger partial charge in [-0.3, -0.25) is 4.40 Å². The lowest BCUT2D eigenvalue weighted by Gasteiger charge is -2.36. The van der Waals surface area contributed by atoms with Crippen LogP contribution in [0.3, 0.4) is 0 Å². The quantitative estimate of drug-likeness (QED) is 0.188. The highest BCUT2D eigenvalue weighted by molar-refractivity contribution is 7.99. The average Bonchev–Trinajstić information content (AvgIpc) is 3.69. The van der Waals surface area contributed by atoms with E-state index in [0.29, 0.717) is 22.3 Å². The number of aryl methyl sites for hydroxylation is 4. The van der Waals surface area contributed by atoms with Crippen molar-refractivity contribution in [2.45, 2.75) is 56.5 Å². The summed E-state index contributed by atoms with van der Waals surface area (Å²) in [7, 11) is 0. The topological polar surface area (TPSA) is 43.1 Å². The van der Waals surface area contributed by atoms with E-state index in [1.54, 1.807) is 19.1 Å². The number of hydrogen-bond donors (Lipinski definition) is 0. The fourth-order valence-electron chi connectivity index (χ4n) is 6.99. The second kappa shape index (κ2) is 10.6. The molecule has 4 heterocycles. The molecule has 8 aromatic rings. The molecule has 6 heteroatoms. The second-order valence-corrected chi connectivity index (χ2v) is 14.5. The molecular formula is C42H34N4S2. The molecule has 5 aromatic carbocycles. The third-order valence-electron chi connectivity index (χ3n) is 9.43. The van der Waals surface area contributed by atoms with Crippen LogP contribution in [0.1, 0.15) is 59.5 Å². The summed E-state index contributed by atoms with van der Waals surface area (Å²) in [6.45, 7) is -2.10. The summed E-state index contributed by atoms with van der Waals surface area (Å²) in [6.07, 6.45) is 1.29. The molecule has 0 aliphatic carbocycles. The van der Waals surface area contributed by atoms with Gasteiger partial charge in [-0.2, -0.15) is 0 Å². The van der Waals surface area contributed by atoms with Gasteiger partial charge in [-0.25, -0.2) is 15.0 Å². The molecule has 0 spiro atoms. The third kappa shape index (κ3) is 4.25. The largest absolute Gasteiger partial charge is 0.283 e. The van der Waals surface area contributed by atoms with Crippen LogP contribution >= 0.6 is 23.1 Å². The van der Waals surface area contributed by atoms with Gasteiger partial charge in [-0.1, -0.05) is 97.5 Å². The highest BCUT2D eigenvalue weighted by atomic mass is 32.2. The van der Waals surface area contributed by atoms with Crippen LogP contribution in [0.2, 0.25) is 0 Å². The Morgan fingerprint density at radius 3 is 2.42 bits per heavy atom. The molecule has 4 nitrogen and oxygen atoms in total. The van der Waals surface area contributed by atoms with Crippen LogP contribution in [0.4, 0.5) is 0 Å². The molecule has 0 radical (unpaired) electrons. The van der Waals surface area contributed by atoms with Crippen LogP contribution in [0.15, 0.2) is 107 Å². The first kappa shape index (κ1) is 21.2. The lowest BCUT2D eigenvalue weighted by Crippen LogP contribution is -2.24. The van der Waals surface area contributed by atoms with Crippen LogP contribution in [0.25, 0.3) is 60.0 Å². The van der Waals surface area contributed by atoms with Gasteiger partial charge in [0.05, 0.1) is 26.9 Å². The van der Waals surface area contributed by atoms with Crippen molar-refractivity contribution in [1.29, 1.82) is 0 Å². The fraction of sp³-hybridized carbons (Fsp3) is 0.167. The Morgan fingerprint density at radius 2 is 1.54 bits per heavy atom. The predicted molar refractivity (Wildman–Crippen MR) is 202 cm³/mol. The maximum Gasteiger partial charge on any atom is 0.195 e. The summed E-state index contributed by atoms with van der Waals surface area (Å²) in [5.41, 5.74) is 6.35. The van der Waals surface area contributed by atoms with E-state index in [2.05, 4.69) is 9.38 Å². The number of fused-ring (bicyclic) bond motifs is 7. The Kier molecular flexibility index (Phi) is 4.70. The van der Waals surface area contributed by atoms with Gasteiger partial charge in [0.25, 0.3) is 0 Å². The highest BCUT2D eigenvalue weighted by Crippen LogP contribution is 2.53. The lowest BCUT2D eigenvalue weighted by molar-refractivity contribution is 0.607. The summed E-state index contributed by atoms with van der Waals surface area (Å²) in [6, 6.07) is 28.1. The maximum atomic E-state index is 8.74. The smallest absolute Gasteiger partial charge is 0.195 e. The molecule has 234 valence electrons. The molecule has 0 saturated carbocycles. The van der Waals surface area contributed by atoms with E-state index in [1.165, 1.54) is 35.4 Å². The van der Waals surface area contributed by atoms with E-state index in [0.717, 1.165) is 52.7 Å². The van der Waals surface area contributed by atoms with E-state index in [1.807, 2.05) is 86.6 Å². The first-order valence-electron chi connectivity index (χ1n) is 20.1. The molecule has 1 unspecified atom stereocenters. The van der Waals surface area contributed by atoms with Crippen molar-refractivity contribution in [3.05, 3.63) is 131 Å². The van der Waals surface area contributed by atoms with Crippen molar-refractivity contribution in [1.82, 2.24) is 19.4 Å². The number of benzene rings is 5. The summed E-state index contributed by atoms with van der Waals surface area (Å²) in [5.74, 6) is 0.255. The number of hydrogen-bond acceptors (Lipinski definition) is 5. The summed E-state index contributed by atoms with van der Waals surface area (Å²) in [4.78, 5) is 16.8. The van der Waals surface area contributed by atoms with Gasteiger partial charge in [-0.05, 0) is 102 Å². The minimum atomic E-state index is -2.69. The average molecular weight is 668 g/mol. The van der Waals surface area contributed by atoms with Crippen molar-refractivity contribution < 1.29 is 12.3 Å². The molecular weight excluding hydrogens is 625 g/mol. The third-order valence-corrected chi connectivity index (χ3v) is 11.7. The van der Waals surface area contributed by atoms with Crippen molar-refractivity contribution >= 4 is 49.3 Å². The monoisotopic (exact) mass is 667 g/mol. The maximum absolute atomic E-state index is 8.74. The van der Waals surface area contributed by atoms with Crippen molar-refractivity contribution in [3.63, 3.8) is 0 Å². The van der Waals surface area contributed by atoms with Crippen LogP contribution < -0.4 is 0 Å². The zero-order valence-electron chi connectivity index (χ0n) is 35.3. The zero-order chi connectivity index (χ0) is 40.4. The van der Waals surface area contributed by atoms with Gasteiger partial charge in [-0.15, -0.1) is 0 Å². The van der Waals surface area contributed by atoms with Gasteiger partial charge in [0.1, 0.15) is 0 Å². The van der Waals surface area contributed by atoms with Crippen LogP contribution in [-0.4, -0.2) is 19.4 Å². The summed E-state index contributed by atoms with van der Waals surface area (Å²) < 4.78 is 80.7. The fourth-order valence-corrected chi connectivity index (χ4v) is 9.73. The van der Waals surface area contributed by atoms with Crippen LogP contribution in [-0.2, 0) is 5.41 Å². The van der Waals surface area contributed by atoms with Crippen molar-refractivity contribution in [2.24, 2.45) is 0 Å². The minimum absolute atomic E-state index is 0.0102. The van der Waals surface area contributed by atoms with Gasteiger partial charge in [0, 0.05) is 44.9 Å². The van der Waals surface area contributed by atoms with Crippen LogP contribution in [0.5, 0.6) is 0 Å². The van der Waals surface area contributed by atoms with Crippen LogP contribution in [0, 0.1) is 27.6 Å². The number of para-hydroxylation sites is 2. The molecule has 0 N–H and O–H groups in total. The number of rotatable bonds is 3. The Bertz CT molecular complexity index is 2960. The van der Waals surface area contributed by atoms with Gasteiger partial charge >= 0.3 is 0 Å². The molecule has 0 bridgehead atoms.